The number of furan rings is 1. The van der Waals surface area contributed by atoms with Gasteiger partial charge in [-0.05, 0) is 26.0 Å². The molecular formula is C14H16N4O4. The molecule has 2 aromatic rings. The number of nitro groups is 1. The van der Waals surface area contributed by atoms with Gasteiger partial charge in [0.25, 0.3) is 0 Å². The fourth-order valence-corrected chi connectivity index (χ4v) is 2.00. The first-order valence-electron chi connectivity index (χ1n) is 6.57. The van der Waals surface area contributed by atoms with Crippen LogP contribution in [0.5, 0.6) is 0 Å². The van der Waals surface area contributed by atoms with E-state index in [1.165, 1.54) is 24.3 Å². The molecule has 8 nitrogen and oxygen atoms in total. The second-order valence-corrected chi connectivity index (χ2v) is 4.76. The van der Waals surface area contributed by atoms with Crippen LogP contribution in [0.3, 0.4) is 0 Å². The first-order chi connectivity index (χ1) is 10.4. The molecule has 0 saturated carbocycles. The fourth-order valence-electron chi connectivity index (χ4n) is 2.00. The molecule has 0 saturated heterocycles. The van der Waals surface area contributed by atoms with Gasteiger partial charge in [0.2, 0.25) is 5.91 Å². The van der Waals surface area contributed by atoms with E-state index in [9.17, 15) is 14.9 Å². The van der Waals surface area contributed by atoms with Crippen LogP contribution in [0.2, 0.25) is 0 Å². The van der Waals surface area contributed by atoms with Gasteiger partial charge >= 0.3 is 5.88 Å². The maximum atomic E-state index is 11.8. The molecule has 1 N–H and O–H groups in total. The SMILES string of the molecule is Cc1nn(C)c(C)c1CNC(=O)/C=C/c1ccc([N+](=O)[O-])o1. The summed E-state index contributed by atoms with van der Waals surface area (Å²) in [7, 11) is 1.84. The molecule has 0 bridgehead atoms. The average molecular weight is 304 g/mol. The molecule has 0 spiro atoms. The number of nitrogens with zero attached hydrogens (tertiary/aromatic N) is 3. The predicted octanol–water partition coefficient (Wildman–Crippen LogP) is 1.87. The van der Waals surface area contributed by atoms with Crippen molar-refractivity contribution in [2.75, 3.05) is 0 Å². The van der Waals surface area contributed by atoms with Gasteiger partial charge in [-0.1, -0.05) is 0 Å². The number of hydrogen-bond donors (Lipinski definition) is 1. The van der Waals surface area contributed by atoms with Gasteiger partial charge in [-0.15, -0.1) is 0 Å². The number of amides is 1. The second kappa shape index (κ2) is 6.25. The van der Waals surface area contributed by atoms with Crippen LogP contribution in [0.25, 0.3) is 6.08 Å². The van der Waals surface area contributed by atoms with Crippen LogP contribution in [0.15, 0.2) is 22.6 Å². The zero-order valence-electron chi connectivity index (χ0n) is 12.5. The highest BCUT2D eigenvalue weighted by molar-refractivity contribution is 5.91. The summed E-state index contributed by atoms with van der Waals surface area (Å²) in [5.41, 5.74) is 2.83. The zero-order valence-corrected chi connectivity index (χ0v) is 12.5. The third-order valence-corrected chi connectivity index (χ3v) is 3.29. The summed E-state index contributed by atoms with van der Waals surface area (Å²) >= 11 is 0. The van der Waals surface area contributed by atoms with Crippen molar-refractivity contribution in [3.05, 3.63) is 51.0 Å². The quantitative estimate of drug-likeness (QED) is 0.516. The van der Waals surface area contributed by atoms with E-state index >= 15 is 0 Å². The Morgan fingerprint density at radius 3 is 2.77 bits per heavy atom. The average Bonchev–Trinajstić information content (AvgIpc) is 3.02. The van der Waals surface area contributed by atoms with Gasteiger partial charge < -0.3 is 9.73 Å². The van der Waals surface area contributed by atoms with Crippen LogP contribution < -0.4 is 5.32 Å². The molecule has 22 heavy (non-hydrogen) atoms. The van der Waals surface area contributed by atoms with Crippen LogP contribution >= 0.6 is 0 Å². The van der Waals surface area contributed by atoms with Crippen LogP contribution in [-0.4, -0.2) is 20.6 Å². The van der Waals surface area contributed by atoms with E-state index in [1.807, 2.05) is 20.9 Å². The van der Waals surface area contributed by atoms with Gasteiger partial charge in [0, 0.05) is 30.9 Å². The van der Waals surface area contributed by atoms with Crippen molar-refractivity contribution in [1.82, 2.24) is 15.1 Å². The molecular weight excluding hydrogens is 288 g/mol. The predicted molar refractivity (Wildman–Crippen MR) is 78.9 cm³/mol. The van der Waals surface area contributed by atoms with E-state index in [0.717, 1.165) is 17.0 Å². The number of carbonyl (C=O) groups is 1. The Kier molecular flexibility index (Phi) is 4.40. The van der Waals surface area contributed by atoms with Crippen molar-refractivity contribution in [2.45, 2.75) is 20.4 Å². The topological polar surface area (TPSA) is 103 Å². The summed E-state index contributed by atoms with van der Waals surface area (Å²) in [6.07, 6.45) is 2.65. The van der Waals surface area contributed by atoms with E-state index in [4.69, 9.17) is 4.42 Å². The molecule has 116 valence electrons. The molecule has 0 radical (unpaired) electrons. The Bertz CT molecular complexity index is 742. The molecule has 0 atom stereocenters. The van der Waals surface area contributed by atoms with Crippen molar-refractivity contribution in [3.63, 3.8) is 0 Å². The van der Waals surface area contributed by atoms with Crippen molar-refractivity contribution in [1.29, 1.82) is 0 Å². The van der Waals surface area contributed by atoms with E-state index in [0.29, 0.717) is 6.54 Å². The summed E-state index contributed by atoms with van der Waals surface area (Å²) < 4.78 is 6.68. The first-order valence-corrected chi connectivity index (χ1v) is 6.57. The van der Waals surface area contributed by atoms with Crippen molar-refractivity contribution in [3.8, 4) is 0 Å². The smallest absolute Gasteiger partial charge is 0.401 e. The number of hydrogen-bond acceptors (Lipinski definition) is 5. The maximum absolute atomic E-state index is 11.8. The Morgan fingerprint density at radius 2 is 2.23 bits per heavy atom. The summed E-state index contributed by atoms with van der Waals surface area (Å²) in [5.74, 6) is -0.432. The highest BCUT2D eigenvalue weighted by Crippen LogP contribution is 2.16. The lowest BCUT2D eigenvalue weighted by molar-refractivity contribution is -0.402. The minimum absolute atomic E-state index is 0.246. The standard InChI is InChI=1S/C14H16N4O4/c1-9-12(10(2)17(3)16-9)8-15-13(19)6-4-11-5-7-14(22-11)18(20)21/h4-7H,8H2,1-3H3,(H,15,19)/b6-4+. The molecule has 2 heterocycles. The monoisotopic (exact) mass is 304 g/mol. The normalized spacial score (nSPS) is 11.0. The number of aromatic nitrogens is 2. The Morgan fingerprint density at radius 1 is 1.50 bits per heavy atom. The zero-order chi connectivity index (χ0) is 16.3. The van der Waals surface area contributed by atoms with Crippen LogP contribution in [0.4, 0.5) is 5.88 Å². The second-order valence-electron chi connectivity index (χ2n) is 4.76. The maximum Gasteiger partial charge on any atom is 0.433 e. The van der Waals surface area contributed by atoms with E-state index in [2.05, 4.69) is 10.4 Å². The third kappa shape index (κ3) is 3.40. The van der Waals surface area contributed by atoms with Crippen molar-refractivity contribution >= 4 is 17.9 Å². The van der Waals surface area contributed by atoms with Gasteiger partial charge in [0.1, 0.15) is 10.7 Å². The highest BCUT2D eigenvalue weighted by atomic mass is 16.6. The van der Waals surface area contributed by atoms with Gasteiger partial charge in [-0.3, -0.25) is 19.6 Å². The first kappa shape index (κ1) is 15.5. The number of carbonyl (C=O) groups excluding carboxylic acids is 1. The highest BCUT2D eigenvalue weighted by Gasteiger charge is 2.11. The molecule has 2 aromatic heterocycles. The Labute approximate surface area is 126 Å². The molecule has 0 aromatic carbocycles. The number of rotatable bonds is 5. The lowest BCUT2D eigenvalue weighted by Gasteiger charge is -2.02. The molecule has 0 unspecified atom stereocenters. The Balaban J connectivity index is 1.95. The molecule has 1 amide bonds. The third-order valence-electron chi connectivity index (χ3n) is 3.29. The number of nitrogens with one attached hydrogen (secondary N) is 1. The Hall–Kier alpha value is -2.90. The summed E-state index contributed by atoms with van der Waals surface area (Å²) in [6, 6.07) is 2.66. The number of aryl methyl sites for hydroxylation is 2. The molecule has 2 rings (SSSR count). The molecule has 0 fully saturated rings. The lowest BCUT2D eigenvalue weighted by Crippen LogP contribution is -2.21. The van der Waals surface area contributed by atoms with Gasteiger partial charge in [-0.25, -0.2) is 0 Å². The lowest BCUT2D eigenvalue weighted by atomic mass is 10.2. The van der Waals surface area contributed by atoms with Crippen LogP contribution in [0.1, 0.15) is 22.7 Å². The fraction of sp³-hybridized carbons (Fsp3) is 0.286. The van der Waals surface area contributed by atoms with Crippen LogP contribution in [-0.2, 0) is 18.4 Å². The minimum atomic E-state index is -0.634. The molecule has 0 aliphatic heterocycles. The molecule has 8 heteroatoms. The van der Waals surface area contributed by atoms with Gasteiger partial charge in [0.15, 0.2) is 0 Å². The minimum Gasteiger partial charge on any atom is -0.401 e. The van der Waals surface area contributed by atoms with Gasteiger partial charge in [-0.2, -0.15) is 5.10 Å². The van der Waals surface area contributed by atoms with Gasteiger partial charge in [0.05, 0.1) is 11.8 Å². The molecule has 0 aliphatic carbocycles. The van der Waals surface area contributed by atoms with E-state index < -0.39 is 4.92 Å². The van der Waals surface area contributed by atoms with Crippen LogP contribution in [0, 0.1) is 24.0 Å². The summed E-state index contributed by atoms with van der Waals surface area (Å²) in [5, 5.41) is 17.5. The van der Waals surface area contributed by atoms with Crippen molar-refractivity contribution < 1.29 is 14.1 Å². The van der Waals surface area contributed by atoms with E-state index in [1.54, 1.807) is 4.68 Å². The summed E-state index contributed by atoms with van der Waals surface area (Å²) in [6.45, 7) is 4.18. The largest absolute Gasteiger partial charge is 0.433 e. The molecule has 0 aliphatic rings. The summed E-state index contributed by atoms with van der Waals surface area (Å²) in [4.78, 5) is 21.6. The van der Waals surface area contributed by atoms with E-state index in [-0.39, 0.29) is 17.6 Å². The van der Waals surface area contributed by atoms with Crippen molar-refractivity contribution in [2.24, 2.45) is 7.05 Å².